The molecule has 32 heavy (non-hydrogen) atoms. The van der Waals surface area contributed by atoms with Crippen LogP contribution in [0.3, 0.4) is 0 Å². The van der Waals surface area contributed by atoms with Gasteiger partial charge in [-0.15, -0.1) is 0 Å². The molecule has 5 rings (SSSR count). The van der Waals surface area contributed by atoms with Gasteiger partial charge in [0.25, 0.3) is 5.91 Å². The number of aryl methyl sites for hydroxylation is 1. The second-order valence-corrected chi connectivity index (χ2v) is 8.36. The van der Waals surface area contributed by atoms with Gasteiger partial charge in [0.05, 0.1) is 18.2 Å². The molecule has 3 aromatic rings. The topological polar surface area (TPSA) is 70.1 Å². The first-order valence-corrected chi connectivity index (χ1v) is 10.7. The minimum atomic E-state index is -1.59. The van der Waals surface area contributed by atoms with E-state index < -0.39 is 11.8 Å². The number of carbonyl (C=O) groups excluding carboxylic acids is 2. The number of hydrogen-bond donors (Lipinski definition) is 1. The van der Waals surface area contributed by atoms with Crippen molar-refractivity contribution in [2.45, 2.75) is 37.6 Å². The van der Waals surface area contributed by atoms with Crippen LogP contribution in [0.2, 0.25) is 0 Å². The van der Waals surface area contributed by atoms with E-state index in [1.807, 2.05) is 67.6 Å². The Labute approximate surface area is 186 Å². The molecule has 3 atom stereocenters. The van der Waals surface area contributed by atoms with Crippen LogP contribution in [0.1, 0.15) is 35.6 Å². The minimum Gasteiger partial charge on any atom is -0.361 e. The van der Waals surface area contributed by atoms with Gasteiger partial charge in [0.1, 0.15) is 6.04 Å². The summed E-state index contributed by atoms with van der Waals surface area (Å²) in [6.07, 6.45) is 0.227. The van der Waals surface area contributed by atoms with Crippen molar-refractivity contribution < 1.29 is 19.5 Å². The van der Waals surface area contributed by atoms with Crippen molar-refractivity contribution in [3.8, 4) is 0 Å². The van der Waals surface area contributed by atoms with E-state index in [0.717, 1.165) is 11.1 Å². The van der Waals surface area contributed by atoms with Crippen molar-refractivity contribution in [3.63, 3.8) is 0 Å². The fourth-order valence-corrected chi connectivity index (χ4v) is 4.50. The van der Waals surface area contributed by atoms with Gasteiger partial charge in [-0.25, -0.2) is 4.90 Å². The van der Waals surface area contributed by atoms with Crippen molar-refractivity contribution in [3.05, 3.63) is 102 Å². The molecule has 2 fully saturated rings. The molecular formula is C26H24N2O4. The van der Waals surface area contributed by atoms with Crippen LogP contribution in [0.15, 0.2) is 84.9 Å². The van der Waals surface area contributed by atoms with Crippen LogP contribution in [0.4, 0.5) is 5.69 Å². The summed E-state index contributed by atoms with van der Waals surface area (Å²) in [7, 11) is 0. The standard InChI is InChI=1S/C26H24N2O4/c1-18-12-14-21(15-13-18)27-24(29)16-22(25(27)30)28-23(19-8-4-2-5-9-19)17-26(31,32-28)20-10-6-3-7-11-20/h2-15,22-23,31H,16-17H2,1H3/t22-,23+,26+/m0/s1. The molecule has 0 aliphatic carbocycles. The van der Waals surface area contributed by atoms with Crippen molar-refractivity contribution in [2.75, 3.05) is 4.90 Å². The number of carbonyl (C=O) groups is 2. The summed E-state index contributed by atoms with van der Waals surface area (Å²) < 4.78 is 0. The molecule has 0 spiro atoms. The van der Waals surface area contributed by atoms with E-state index in [1.54, 1.807) is 24.3 Å². The predicted molar refractivity (Wildman–Crippen MR) is 119 cm³/mol. The number of anilines is 1. The first kappa shape index (κ1) is 20.6. The van der Waals surface area contributed by atoms with E-state index in [-0.39, 0.29) is 30.7 Å². The van der Waals surface area contributed by atoms with Crippen molar-refractivity contribution >= 4 is 17.5 Å². The van der Waals surface area contributed by atoms with Crippen molar-refractivity contribution in [2.24, 2.45) is 0 Å². The van der Waals surface area contributed by atoms with Gasteiger partial charge < -0.3 is 5.11 Å². The quantitative estimate of drug-likeness (QED) is 0.640. The van der Waals surface area contributed by atoms with Crippen LogP contribution >= 0.6 is 0 Å². The third kappa shape index (κ3) is 3.52. The van der Waals surface area contributed by atoms with Gasteiger partial charge in [-0.2, -0.15) is 5.06 Å². The summed E-state index contributed by atoms with van der Waals surface area (Å²) in [4.78, 5) is 33.6. The van der Waals surface area contributed by atoms with Crippen LogP contribution in [0, 0.1) is 6.92 Å². The molecule has 0 unspecified atom stereocenters. The van der Waals surface area contributed by atoms with E-state index in [0.29, 0.717) is 11.3 Å². The second kappa shape index (κ2) is 7.98. The Hall–Kier alpha value is -3.32. The average molecular weight is 428 g/mol. The summed E-state index contributed by atoms with van der Waals surface area (Å²) in [5, 5.41) is 12.9. The molecule has 2 aliphatic rings. The fraction of sp³-hybridized carbons (Fsp3) is 0.231. The molecule has 0 radical (unpaired) electrons. The van der Waals surface area contributed by atoms with Crippen molar-refractivity contribution in [1.82, 2.24) is 5.06 Å². The van der Waals surface area contributed by atoms with Crippen LogP contribution in [-0.2, 0) is 20.2 Å². The molecule has 6 nitrogen and oxygen atoms in total. The Kier molecular flexibility index (Phi) is 5.13. The minimum absolute atomic E-state index is 0.0130. The predicted octanol–water partition coefficient (Wildman–Crippen LogP) is 3.85. The van der Waals surface area contributed by atoms with Gasteiger partial charge in [-0.05, 0) is 24.6 Å². The van der Waals surface area contributed by atoms with E-state index in [1.165, 1.54) is 9.96 Å². The van der Waals surface area contributed by atoms with E-state index >= 15 is 0 Å². The number of rotatable bonds is 4. The zero-order valence-corrected chi connectivity index (χ0v) is 17.7. The van der Waals surface area contributed by atoms with Gasteiger partial charge in [-0.1, -0.05) is 78.4 Å². The number of hydrogen-bond acceptors (Lipinski definition) is 5. The highest BCUT2D eigenvalue weighted by Gasteiger charge is 2.54. The maximum Gasteiger partial charge on any atom is 0.254 e. The summed E-state index contributed by atoms with van der Waals surface area (Å²) in [5.41, 5.74) is 3.11. The fourth-order valence-electron chi connectivity index (χ4n) is 4.50. The molecule has 1 N–H and O–H groups in total. The number of nitrogens with zero attached hydrogens (tertiary/aromatic N) is 2. The van der Waals surface area contributed by atoms with E-state index in [9.17, 15) is 14.7 Å². The summed E-state index contributed by atoms with van der Waals surface area (Å²) >= 11 is 0. The van der Waals surface area contributed by atoms with Gasteiger partial charge in [0.15, 0.2) is 0 Å². The first-order valence-electron chi connectivity index (χ1n) is 10.7. The average Bonchev–Trinajstić information content (AvgIpc) is 3.33. The van der Waals surface area contributed by atoms with E-state index in [2.05, 4.69) is 0 Å². The molecule has 0 bridgehead atoms. The summed E-state index contributed by atoms with van der Waals surface area (Å²) in [5.74, 6) is -2.23. The number of aliphatic hydroxyl groups is 1. The number of amides is 2. The Morgan fingerprint density at radius 1 is 0.875 bits per heavy atom. The highest BCUT2D eigenvalue weighted by Crippen LogP contribution is 2.47. The molecule has 6 heteroatoms. The Morgan fingerprint density at radius 3 is 2.16 bits per heavy atom. The van der Waals surface area contributed by atoms with Gasteiger partial charge in [-0.3, -0.25) is 14.4 Å². The van der Waals surface area contributed by atoms with Crippen LogP contribution < -0.4 is 4.90 Å². The summed E-state index contributed by atoms with van der Waals surface area (Å²) in [6.45, 7) is 1.95. The third-order valence-corrected chi connectivity index (χ3v) is 6.17. The molecule has 2 amide bonds. The second-order valence-electron chi connectivity index (χ2n) is 8.36. The Morgan fingerprint density at radius 2 is 1.50 bits per heavy atom. The lowest BCUT2D eigenvalue weighted by Gasteiger charge is -2.28. The molecule has 2 saturated heterocycles. The van der Waals surface area contributed by atoms with Crippen LogP contribution in [-0.4, -0.2) is 28.0 Å². The molecule has 0 saturated carbocycles. The maximum atomic E-state index is 13.4. The third-order valence-electron chi connectivity index (χ3n) is 6.17. The summed E-state index contributed by atoms with van der Waals surface area (Å²) in [6, 6.07) is 24.8. The lowest BCUT2D eigenvalue weighted by Crippen LogP contribution is -2.42. The SMILES string of the molecule is Cc1ccc(N2C(=O)C[C@H](N3O[C@@](O)(c4ccccc4)C[C@@H]3c3ccccc3)C2=O)cc1. The van der Waals surface area contributed by atoms with Crippen LogP contribution in [0.5, 0.6) is 0 Å². The zero-order chi connectivity index (χ0) is 22.3. The Balaban J connectivity index is 1.50. The molecule has 2 aliphatic heterocycles. The van der Waals surface area contributed by atoms with Crippen molar-refractivity contribution in [1.29, 1.82) is 0 Å². The maximum absolute atomic E-state index is 13.4. The number of imide groups is 1. The highest BCUT2D eigenvalue weighted by molar-refractivity contribution is 6.22. The molecular weight excluding hydrogens is 404 g/mol. The molecule has 0 aromatic heterocycles. The number of benzene rings is 3. The van der Waals surface area contributed by atoms with Gasteiger partial charge >= 0.3 is 0 Å². The number of hydroxylamine groups is 2. The van der Waals surface area contributed by atoms with Gasteiger partial charge in [0, 0.05) is 12.0 Å². The zero-order valence-electron chi connectivity index (χ0n) is 17.7. The first-order chi connectivity index (χ1) is 15.5. The van der Waals surface area contributed by atoms with E-state index in [4.69, 9.17) is 4.84 Å². The highest BCUT2D eigenvalue weighted by atomic mass is 16.8. The molecule has 162 valence electrons. The monoisotopic (exact) mass is 428 g/mol. The van der Waals surface area contributed by atoms with Gasteiger partial charge in [0.2, 0.25) is 11.7 Å². The molecule has 3 aromatic carbocycles. The Bertz CT molecular complexity index is 1130. The van der Waals surface area contributed by atoms with Crippen LogP contribution in [0.25, 0.3) is 0 Å². The smallest absolute Gasteiger partial charge is 0.254 e. The largest absolute Gasteiger partial charge is 0.361 e. The lowest BCUT2D eigenvalue weighted by atomic mass is 9.94. The lowest BCUT2D eigenvalue weighted by molar-refractivity contribution is -0.303. The normalized spacial score (nSPS) is 26.1. The molecule has 2 heterocycles.